The van der Waals surface area contributed by atoms with Crippen LogP contribution in [0.25, 0.3) is 5.69 Å². The number of aromatic nitrogens is 4. The zero-order valence-corrected chi connectivity index (χ0v) is 11.1. The molecular formula is C12H14F3N5. The predicted octanol–water partition coefficient (Wildman–Crippen LogP) is 2.14. The van der Waals surface area contributed by atoms with Crippen molar-refractivity contribution in [1.82, 2.24) is 25.5 Å². The number of hydrogen-bond donors (Lipinski definition) is 1. The Hall–Kier alpha value is -1.96. The minimum Gasteiger partial charge on any atom is -0.307 e. The number of benzene rings is 1. The van der Waals surface area contributed by atoms with Gasteiger partial charge in [0.15, 0.2) is 23.3 Å². The van der Waals surface area contributed by atoms with E-state index in [1.807, 2.05) is 13.8 Å². The number of nitrogens with one attached hydrogen (secondary N) is 1. The van der Waals surface area contributed by atoms with Crippen molar-refractivity contribution in [2.45, 2.75) is 26.3 Å². The molecule has 0 fully saturated rings. The highest BCUT2D eigenvalue weighted by Gasteiger charge is 2.18. The largest absolute Gasteiger partial charge is 0.307 e. The number of tetrazole rings is 1. The molecular weight excluding hydrogens is 271 g/mol. The summed E-state index contributed by atoms with van der Waals surface area (Å²) in [5.41, 5.74) is 0.0338. The molecule has 0 aliphatic heterocycles. The molecule has 0 radical (unpaired) electrons. The third-order valence-electron chi connectivity index (χ3n) is 2.79. The Morgan fingerprint density at radius 2 is 1.90 bits per heavy atom. The van der Waals surface area contributed by atoms with Crippen molar-refractivity contribution in [1.29, 1.82) is 0 Å². The summed E-state index contributed by atoms with van der Waals surface area (Å²) in [6.45, 7) is 4.58. The molecule has 0 bridgehead atoms. The van der Waals surface area contributed by atoms with E-state index in [9.17, 15) is 13.2 Å². The van der Waals surface area contributed by atoms with Crippen molar-refractivity contribution < 1.29 is 13.2 Å². The van der Waals surface area contributed by atoms with Crippen LogP contribution < -0.4 is 5.32 Å². The van der Waals surface area contributed by atoms with Crippen molar-refractivity contribution in [2.24, 2.45) is 0 Å². The van der Waals surface area contributed by atoms with Crippen molar-refractivity contribution in [3.05, 3.63) is 35.4 Å². The third kappa shape index (κ3) is 2.79. The summed E-state index contributed by atoms with van der Waals surface area (Å²) in [5.74, 6) is -3.68. The van der Waals surface area contributed by atoms with Crippen molar-refractivity contribution in [3.8, 4) is 5.69 Å². The van der Waals surface area contributed by atoms with Gasteiger partial charge in [-0.3, -0.25) is 0 Å². The summed E-state index contributed by atoms with van der Waals surface area (Å²) in [6.07, 6.45) is 0.922. The third-order valence-corrected chi connectivity index (χ3v) is 2.79. The zero-order valence-electron chi connectivity index (χ0n) is 11.1. The Labute approximate surface area is 113 Å². The molecule has 1 heterocycles. The van der Waals surface area contributed by atoms with Crippen LogP contribution in [0.15, 0.2) is 12.1 Å². The number of nitrogens with zero attached hydrogens (tertiary/aromatic N) is 4. The molecule has 1 aromatic carbocycles. The molecule has 1 aromatic heterocycles. The van der Waals surface area contributed by atoms with Gasteiger partial charge in [-0.25, -0.2) is 13.2 Å². The molecule has 1 unspecified atom stereocenters. The Morgan fingerprint density at radius 1 is 1.25 bits per heavy atom. The first-order chi connectivity index (χ1) is 9.54. The van der Waals surface area contributed by atoms with E-state index in [0.29, 0.717) is 5.82 Å². The maximum atomic E-state index is 13.3. The highest BCUT2D eigenvalue weighted by atomic mass is 19.2. The van der Waals surface area contributed by atoms with E-state index in [2.05, 4.69) is 20.8 Å². The quantitative estimate of drug-likeness (QED) is 0.855. The van der Waals surface area contributed by atoms with E-state index in [0.717, 1.165) is 25.1 Å². The second kappa shape index (κ2) is 6.00. The van der Waals surface area contributed by atoms with Crippen molar-refractivity contribution in [3.63, 3.8) is 0 Å². The maximum absolute atomic E-state index is 13.3. The minimum atomic E-state index is -1.51. The van der Waals surface area contributed by atoms with Gasteiger partial charge in [-0.1, -0.05) is 6.92 Å². The predicted molar refractivity (Wildman–Crippen MR) is 65.7 cm³/mol. The lowest BCUT2D eigenvalue weighted by Crippen LogP contribution is -2.22. The molecule has 5 nitrogen and oxygen atoms in total. The van der Waals surface area contributed by atoms with Crippen LogP contribution in [0.2, 0.25) is 0 Å². The van der Waals surface area contributed by atoms with Gasteiger partial charge in [-0.2, -0.15) is 4.68 Å². The van der Waals surface area contributed by atoms with Gasteiger partial charge >= 0.3 is 0 Å². The molecule has 0 saturated heterocycles. The fourth-order valence-electron chi connectivity index (χ4n) is 1.76. The normalized spacial score (nSPS) is 12.7. The molecule has 2 aromatic rings. The number of rotatable bonds is 5. The monoisotopic (exact) mass is 285 g/mol. The maximum Gasteiger partial charge on any atom is 0.194 e. The fourth-order valence-corrected chi connectivity index (χ4v) is 1.76. The Balaban J connectivity index is 2.37. The average molecular weight is 285 g/mol. The summed E-state index contributed by atoms with van der Waals surface area (Å²) >= 11 is 0. The van der Waals surface area contributed by atoms with Crippen molar-refractivity contribution in [2.75, 3.05) is 6.54 Å². The van der Waals surface area contributed by atoms with Crippen LogP contribution in [0.5, 0.6) is 0 Å². The van der Waals surface area contributed by atoms with Crippen LogP contribution in [0.4, 0.5) is 13.2 Å². The van der Waals surface area contributed by atoms with E-state index in [1.54, 1.807) is 0 Å². The van der Waals surface area contributed by atoms with Gasteiger partial charge in [-0.05, 0) is 30.3 Å². The summed E-state index contributed by atoms with van der Waals surface area (Å²) in [5, 5.41) is 14.2. The molecule has 0 spiro atoms. The van der Waals surface area contributed by atoms with Crippen LogP contribution in [0, 0.1) is 17.5 Å². The summed E-state index contributed by atoms with van der Waals surface area (Å²) in [7, 11) is 0. The second-order valence-electron chi connectivity index (χ2n) is 4.35. The van der Waals surface area contributed by atoms with Gasteiger partial charge in [0.1, 0.15) is 0 Å². The van der Waals surface area contributed by atoms with Crippen LogP contribution in [0.1, 0.15) is 32.1 Å². The Bertz CT molecular complexity index is 576. The van der Waals surface area contributed by atoms with Gasteiger partial charge in [0.2, 0.25) is 0 Å². The SMILES string of the molecule is CCCNC(C)c1nnnn1-c1cc(F)c(F)c(F)c1. The van der Waals surface area contributed by atoms with Gasteiger partial charge < -0.3 is 5.32 Å². The van der Waals surface area contributed by atoms with E-state index in [-0.39, 0.29) is 11.7 Å². The molecule has 2 rings (SSSR count). The lowest BCUT2D eigenvalue weighted by molar-refractivity contribution is 0.445. The van der Waals surface area contributed by atoms with Crippen molar-refractivity contribution >= 4 is 0 Å². The number of halogens is 3. The Kier molecular flexibility index (Phi) is 4.33. The minimum absolute atomic E-state index is 0.0338. The van der Waals surface area contributed by atoms with Gasteiger partial charge in [0.05, 0.1) is 11.7 Å². The molecule has 108 valence electrons. The first-order valence-electron chi connectivity index (χ1n) is 6.21. The topological polar surface area (TPSA) is 55.6 Å². The first-order valence-corrected chi connectivity index (χ1v) is 6.21. The zero-order chi connectivity index (χ0) is 14.7. The highest BCUT2D eigenvalue weighted by molar-refractivity contribution is 5.33. The standard InChI is InChI=1S/C12H14F3N5/c1-3-4-16-7(2)12-17-18-19-20(12)8-5-9(13)11(15)10(14)6-8/h5-7,16H,3-4H2,1-2H3. The van der Waals surface area contributed by atoms with E-state index in [4.69, 9.17) is 0 Å². The lowest BCUT2D eigenvalue weighted by Gasteiger charge is -2.13. The summed E-state index contributed by atoms with van der Waals surface area (Å²) in [4.78, 5) is 0. The van der Waals surface area contributed by atoms with Crippen LogP contribution in [-0.4, -0.2) is 26.8 Å². The average Bonchev–Trinajstić information content (AvgIpc) is 2.91. The fraction of sp³-hybridized carbons (Fsp3) is 0.417. The van der Waals surface area contributed by atoms with Gasteiger partial charge in [0, 0.05) is 12.1 Å². The molecule has 0 saturated carbocycles. The molecule has 1 atom stereocenters. The molecule has 0 amide bonds. The first kappa shape index (κ1) is 14.4. The van der Waals surface area contributed by atoms with Gasteiger partial charge in [0.25, 0.3) is 0 Å². The van der Waals surface area contributed by atoms with E-state index < -0.39 is 17.5 Å². The molecule has 0 aliphatic carbocycles. The Morgan fingerprint density at radius 3 is 2.50 bits per heavy atom. The van der Waals surface area contributed by atoms with E-state index in [1.165, 1.54) is 4.68 Å². The molecule has 1 N–H and O–H groups in total. The smallest absolute Gasteiger partial charge is 0.194 e. The molecule has 0 aliphatic rings. The van der Waals surface area contributed by atoms with Crippen LogP contribution >= 0.6 is 0 Å². The van der Waals surface area contributed by atoms with Gasteiger partial charge in [-0.15, -0.1) is 5.10 Å². The van der Waals surface area contributed by atoms with E-state index >= 15 is 0 Å². The van der Waals surface area contributed by atoms with Crippen LogP contribution in [0.3, 0.4) is 0 Å². The highest BCUT2D eigenvalue weighted by Crippen LogP contribution is 2.19. The second-order valence-corrected chi connectivity index (χ2v) is 4.35. The lowest BCUT2D eigenvalue weighted by atomic mass is 10.2. The van der Waals surface area contributed by atoms with Crippen LogP contribution in [-0.2, 0) is 0 Å². The summed E-state index contributed by atoms with van der Waals surface area (Å²) < 4.78 is 40.6. The molecule has 20 heavy (non-hydrogen) atoms. The number of hydrogen-bond acceptors (Lipinski definition) is 4. The molecule has 8 heteroatoms. The summed E-state index contributed by atoms with van der Waals surface area (Å²) in [6, 6.07) is 1.50.